The van der Waals surface area contributed by atoms with Gasteiger partial charge in [0.15, 0.2) is 5.69 Å². The normalized spacial score (nSPS) is 12.3. The third-order valence-corrected chi connectivity index (χ3v) is 2.53. The van der Waals surface area contributed by atoms with Crippen LogP contribution < -0.4 is 5.32 Å². The molecule has 1 aromatic heterocycles. The van der Waals surface area contributed by atoms with E-state index in [1.54, 1.807) is 7.11 Å². The van der Waals surface area contributed by atoms with Crippen LogP contribution >= 0.6 is 0 Å². The zero-order valence-electron chi connectivity index (χ0n) is 11.1. The molecule has 1 heterocycles. The van der Waals surface area contributed by atoms with Gasteiger partial charge in [0.2, 0.25) is 0 Å². The molecule has 0 aliphatic rings. The average molecular weight is 253 g/mol. The van der Waals surface area contributed by atoms with E-state index >= 15 is 0 Å². The number of carbonyl (C=O) groups excluding carboxylic acids is 1. The monoisotopic (exact) mass is 253 g/mol. The first kappa shape index (κ1) is 14.4. The fraction of sp³-hybridized carbons (Fsp3) is 0.583. The maximum Gasteiger partial charge on any atom is 0.358 e. The molecular weight excluding hydrogens is 234 g/mol. The highest BCUT2D eigenvalue weighted by atomic mass is 16.5. The maximum absolute atomic E-state index is 11.2. The van der Waals surface area contributed by atoms with Crippen molar-refractivity contribution in [3.05, 3.63) is 18.1 Å². The molecule has 0 fully saturated rings. The number of nitrogens with one attached hydrogen (secondary N) is 1. The van der Waals surface area contributed by atoms with Gasteiger partial charge in [-0.15, -0.1) is 0 Å². The van der Waals surface area contributed by atoms with Crippen molar-refractivity contribution < 1.29 is 14.3 Å². The second-order valence-corrected chi connectivity index (χ2v) is 4.23. The molecule has 1 N–H and O–H groups in total. The van der Waals surface area contributed by atoms with Crippen LogP contribution in [0.1, 0.15) is 24.3 Å². The summed E-state index contributed by atoms with van der Waals surface area (Å²) >= 11 is 0. The van der Waals surface area contributed by atoms with Gasteiger partial charge >= 0.3 is 5.97 Å². The Balaban J connectivity index is 2.70. The number of carbonyl (C=O) groups is 1. The Kier molecular flexibility index (Phi) is 5.51. The second-order valence-electron chi connectivity index (χ2n) is 4.23. The summed E-state index contributed by atoms with van der Waals surface area (Å²) in [4.78, 5) is 19.3. The zero-order valence-corrected chi connectivity index (χ0v) is 11.1. The van der Waals surface area contributed by atoms with Crippen molar-refractivity contribution in [1.29, 1.82) is 0 Å². The molecule has 100 valence electrons. The van der Waals surface area contributed by atoms with Crippen LogP contribution in [0.25, 0.3) is 0 Å². The second kappa shape index (κ2) is 6.90. The molecule has 0 radical (unpaired) electrons. The van der Waals surface area contributed by atoms with Gasteiger partial charge in [-0.3, -0.25) is 0 Å². The third-order valence-electron chi connectivity index (χ3n) is 2.53. The Labute approximate surface area is 107 Å². The van der Waals surface area contributed by atoms with Crippen molar-refractivity contribution in [3.63, 3.8) is 0 Å². The number of aromatic nitrogens is 2. The first-order valence-electron chi connectivity index (χ1n) is 5.74. The zero-order chi connectivity index (χ0) is 13.5. The molecule has 6 heteroatoms. The van der Waals surface area contributed by atoms with Crippen LogP contribution in [0.15, 0.2) is 12.4 Å². The lowest BCUT2D eigenvalue weighted by Gasteiger charge is -2.21. The molecule has 1 aromatic rings. The number of methoxy groups -OCH3 is 2. The lowest BCUT2D eigenvalue weighted by Crippen LogP contribution is -2.30. The Hall–Kier alpha value is -1.69. The van der Waals surface area contributed by atoms with E-state index in [0.717, 1.165) is 0 Å². The van der Waals surface area contributed by atoms with Crippen molar-refractivity contribution in [2.75, 3.05) is 26.1 Å². The summed E-state index contributed by atoms with van der Waals surface area (Å²) in [7, 11) is 2.96. The molecule has 1 unspecified atom stereocenters. The van der Waals surface area contributed by atoms with Crippen molar-refractivity contribution in [1.82, 2.24) is 9.97 Å². The van der Waals surface area contributed by atoms with Crippen molar-refractivity contribution in [2.24, 2.45) is 5.92 Å². The van der Waals surface area contributed by atoms with Gasteiger partial charge in [0, 0.05) is 7.11 Å². The minimum Gasteiger partial charge on any atom is -0.464 e. The largest absolute Gasteiger partial charge is 0.464 e. The van der Waals surface area contributed by atoms with Crippen LogP contribution in [0.2, 0.25) is 0 Å². The van der Waals surface area contributed by atoms with Gasteiger partial charge in [0.05, 0.1) is 32.2 Å². The summed E-state index contributed by atoms with van der Waals surface area (Å²) in [5, 5.41) is 3.21. The van der Waals surface area contributed by atoms with Crippen LogP contribution in [-0.4, -0.2) is 42.8 Å². The fourth-order valence-electron chi connectivity index (χ4n) is 1.38. The lowest BCUT2D eigenvalue weighted by molar-refractivity contribution is 0.0593. The van der Waals surface area contributed by atoms with Gasteiger partial charge in [0.25, 0.3) is 0 Å². The van der Waals surface area contributed by atoms with Crippen molar-refractivity contribution in [2.45, 2.75) is 19.9 Å². The van der Waals surface area contributed by atoms with E-state index in [1.807, 2.05) is 0 Å². The quantitative estimate of drug-likeness (QED) is 0.771. The first-order chi connectivity index (χ1) is 8.58. The summed E-state index contributed by atoms with van der Waals surface area (Å²) in [6.07, 6.45) is 2.90. The van der Waals surface area contributed by atoms with E-state index in [1.165, 1.54) is 19.5 Å². The lowest BCUT2D eigenvalue weighted by atomic mass is 10.1. The standard InChI is InChI=1S/C12H19N3O3/c1-8(2)10(7-17-3)15-11-6-13-9(5-14-11)12(16)18-4/h5-6,8,10H,7H2,1-4H3,(H,14,15). The highest BCUT2D eigenvalue weighted by molar-refractivity contribution is 5.86. The number of anilines is 1. The van der Waals surface area contributed by atoms with E-state index in [4.69, 9.17) is 4.74 Å². The number of nitrogens with zero attached hydrogens (tertiary/aromatic N) is 2. The number of esters is 1. The van der Waals surface area contributed by atoms with Crippen LogP contribution in [0, 0.1) is 5.92 Å². The Bertz CT molecular complexity index is 379. The summed E-state index contributed by atoms with van der Waals surface area (Å²) in [5.74, 6) is 0.511. The summed E-state index contributed by atoms with van der Waals surface area (Å²) < 4.78 is 9.68. The molecule has 0 amide bonds. The topological polar surface area (TPSA) is 73.3 Å². The average Bonchev–Trinajstić information content (AvgIpc) is 2.38. The third kappa shape index (κ3) is 3.96. The van der Waals surface area contributed by atoms with E-state index in [-0.39, 0.29) is 11.7 Å². The van der Waals surface area contributed by atoms with E-state index in [0.29, 0.717) is 18.3 Å². The van der Waals surface area contributed by atoms with Crippen molar-refractivity contribution >= 4 is 11.8 Å². The summed E-state index contributed by atoms with van der Waals surface area (Å²) in [6, 6.07) is 0.147. The van der Waals surface area contributed by atoms with Gasteiger partial charge < -0.3 is 14.8 Å². The molecule has 1 atom stereocenters. The molecule has 0 bridgehead atoms. The Morgan fingerprint density at radius 3 is 2.50 bits per heavy atom. The number of hydrogen-bond acceptors (Lipinski definition) is 6. The maximum atomic E-state index is 11.2. The van der Waals surface area contributed by atoms with Crippen LogP contribution in [0.4, 0.5) is 5.82 Å². The fourth-order valence-corrected chi connectivity index (χ4v) is 1.38. The Morgan fingerprint density at radius 2 is 2.06 bits per heavy atom. The number of hydrogen-bond donors (Lipinski definition) is 1. The summed E-state index contributed by atoms with van der Waals surface area (Å²) in [6.45, 7) is 4.76. The molecule has 6 nitrogen and oxygen atoms in total. The van der Waals surface area contributed by atoms with Gasteiger partial charge in [-0.1, -0.05) is 13.8 Å². The van der Waals surface area contributed by atoms with Crippen molar-refractivity contribution in [3.8, 4) is 0 Å². The van der Waals surface area contributed by atoms with E-state index in [2.05, 4.69) is 33.9 Å². The molecule has 0 spiro atoms. The van der Waals surface area contributed by atoms with Gasteiger partial charge in [0.1, 0.15) is 5.82 Å². The van der Waals surface area contributed by atoms with E-state index in [9.17, 15) is 4.79 Å². The Morgan fingerprint density at radius 1 is 1.33 bits per heavy atom. The molecule has 18 heavy (non-hydrogen) atoms. The van der Waals surface area contributed by atoms with Gasteiger partial charge in [-0.2, -0.15) is 0 Å². The minimum atomic E-state index is -0.494. The van der Waals surface area contributed by atoms with Gasteiger partial charge in [-0.05, 0) is 5.92 Å². The molecule has 0 aromatic carbocycles. The highest BCUT2D eigenvalue weighted by Crippen LogP contribution is 2.10. The minimum absolute atomic E-state index is 0.147. The molecular formula is C12H19N3O3. The molecule has 1 rings (SSSR count). The number of ether oxygens (including phenoxy) is 2. The molecule has 0 saturated carbocycles. The van der Waals surface area contributed by atoms with Gasteiger partial charge in [-0.25, -0.2) is 14.8 Å². The summed E-state index contributed by atoms with van der Waals surface area (Å²) in [5.41, 5.74) is 0.191. The van der Waals surface area contributed by atoms with Crippen LogP contribution in [0.3, 0.4) is 0 Å². The van der Waals surface area contributed by atoms with Crippen LogP contribution in [-0.2, 0) is 9.47 Å². The predicted octanol–water partition coefficient (Wildman–Crippen LogP) is 1.35. The van der Waals surface area contributed by atoms with Crippen LogP contribution in [0.5, 0.6) is 0 Å². The highest BCUT2D eigenvalue weighted by Gasteiger charge is 2.14. The number of rotatable bonds is 6. The molecule has 0 aliphatic heterocycles. The first-order valence-corrected chi connectivity index (χ1v) is 5.74. The molecule has 0 saturated heterocycles. The smallest absolute Gasteiger partial charge is 0.358 e. The van der Waals surface area contributed by atoms with E-state index < -0.39 is 5.97 Å². The predicted molar refractivity (Wildman–Crippen MR) is 67.5 cm³/mol. The SMILES string of the molecule is COCC(Nc1cnc(C(=O)OC)cn1)C(C)C. The molecule has 0 aliphatic carbocycles.